The molecule has 16 heavy (non-hydrogen) atoms. The number of hydrogen-bond acceptors (Lipinski definition) is 3. The van der Waals surface area contributed by atoms with Gasteiger partial charge in [0.1, 0.15) is 6.04 Å². The van der Waals surface area contributed by atoms with Crippen LogP contribution in [0.5, 0.6) is 11.5 Å². The predicted octanol–water partition coefficient (Wildman–Crippen LogP) is 2.57. The number of alkyl halides is 3. The van der Waals surface area contributed by atoms with Crippen molar-refractivity contribution in [2.45, 2.75) is 12.2 Å². The molecule has 7 heteroatoms. The molecule has 0 aliphatic heterocycles. The highest BCUT2D eigenvalue weighted by Crippen LogP contribution is 2.40. The van der Waals surface area contributed by atoms with E-state index in [1.165, 1.54) is 19.2 Å². The summed E-state index contributed by atoms with van der Waals surface area (Å²) in [6.07, 6.45) is -4.60. The Morgan fingerprint density at radius 2 is 2.00 bits per heavy atom. The number of hydrogen-bond donors (Lipinski definition) is 2. The maximum absolute atomic E-state index is 12.4. The minimum absolute atomic E-state index is 0.0263. The first-order valence-corrected chi connectivity index (χ1v) is 5.24. The van der Waals surface area contributed by atoms with Gasteiger partial charge in [-0.15, -0.1) is 0 Å². The number of halogens is 4. The lowest BCUT2D eigenvalue weighted by Gasteiger charge is -2.18. The minimum Gasteiger partial charge on any atom is -0.504 e. The van der Waals surface area contributed by atoms with Crippen LogP contribution in [0.3, 0.4) is 0 Å². The number of rotatable bonds is 2. The lowest BCUT2D eigenvalue weighted by molar-refractivity contribution is -0.149. The van der Waals surface area contributed by atoms with Gasteiger partial charge in [0, 0.05) is 9.13 Å². The van der Waals surface area contributed by atoms with Crippen molar-refractivity contribution in [2.75, 3.05) is 7.11 Å². The van der Waals surface area contributed by atoms with Crippen LogP contribution in [-0.2, 0) is 0 Å². The van der Waals surface area contributed by atoms with E-state index in [1.54, 1.807) is 0 Å². The summed E-state index contributed by atoms with van der Waals surface area (Å²) in [5, 5.41) is 9.54. The first-order valence-electron chi connectivity index (χ1n) is 4.16. The molecule has 0 aromatic heterocycles. The SMILES string of the molecule is COc1cc(I)cc([C@@H](N)C(F)(F)F)c1O. The molecule has 1 rings (SSSR count). The fraction of sp³-hybridized carbons (Fsp3) is 0.333. The van der Waals surface area contributed by atoms with E-state index in [-0.39, 0.29) is 5.75 Å². The first kappa shape index (κ1) is 13.4. The molecule has 3 nitrogen and oxygen atoms in total. The van der Waals surface area contributed by atoms with Crippen LogP contribution in [0.2, 0.25) is 0 Å². The Bertz CT molecular complexity index is 395. The molecular formula is C9H9F3INO2. The maximum Gasteiger partial charge on any atom is 0.407 e. The molecule has 1 aromatic carbocycles. The van der Waals surface area contributed by atoms with Crippen LogP contribution in [0.1, 0.15) is 11.6 Å². The standard InChI is InChI=1S/C9H9F3INO2/c1-16-6-3-4(13)2-5(7(6)15)8(14)9(10,11)12/h2-3,8,15H,14H2,1H3/t8-/m1/s1. The molecule has 0 aliphatic carbocycles. The van der Waals surface area contributed by atoms with Gasteiger partial charge >= 0.3 is 6.18 Å². The monoisotopic (exact) mass is 347 g/mol. The van der Waals surface area contributed by atoms with E-state index in [9.17, 15) is 18.3 Å². The van der Waals surface area contributed by atoms with Crippen LogP contribution in [0.4, 0.5) is 13.2 Å². The van der Waals surface area contributed by atoms with Gasteiger partial charge in [-0.3, -0.25) is 0 Å². The van der Waals surface area contributed by atoms with Crippen LogP contribution in [0.25, 0.3) is 0 Å². The summed E-state index contributed by atoms with van der Waals surface area (Å²) >= 11 is 1.82. The van der Waals surface area contributed by atoms with Gasteiger partial charge < -0.3 is 15.6 Å². The molecule has 90 valence electrons. The van der Waals surface area contributed by atoms with E-state index in [4.69, 9.17) is 10.5 Å². The molecule has 0 bridgehead atoms. The number of ether oxygens (including phenoxy) is 1. The Labute approximate surface area is 104 Å². The second-order valence-corrected chi connectivity index (χ2v) is 4.31. The number of phenolic OH excluding ortho intramolecular Hbond substituents is 1. The zero-order chi connectivity index (χ0) is 12.5. The van der Waals surface area contributed by atoms with Gasteiger partial charge in [0.15, 0.2) is 11.5 Å². The quantitative estimate of drug-likeness (QED) is 0.809. The van der Waals surface area contributed by atoms with Crippen LogP contribution in [0, 0.1) is 3.57 Å². The Hall–Kier alpha value is -0.700. The fourth-order valence-corrected chi connectivity index (χ4v) is 1.78. The third kappa shape index (κ3) is 2.70. The summed E-state index contributed by atoms with van der Waals surface area (Å²) in [6.45, 7) is 0. The smallest absolute Gasteiger partial charge is 0.407 e. The minimum atomic E-state index is -4.60. The summed E-state index contributed by atoms with van der Waals surface area (Å²) < 4.78 is 42.5. The van der Waals surface area contributed by atoms with Crippen molar-refractivity contribution < 1.29 is 23.0 Å². The van der Waals surface area contributed by atoms with Crippen molar-refractivity contribution in [3.05, 3.63) is 21.3 Å². The van der Waals surface area contributed by atoms with Gasteiger partial charge in [-0.05, 0) is 34.7 Å². The zero-order valence-electron chi connectivity index (χ0n) is 8.18. The molecule has 1 atom stereocenters. The molecule has 3 N–H and O–H groups in total. The van der Waals surface area contributed by atoms with Crippen LogP contribution >= 0.6 is 22.6 Å². The lowest BCUT2D eigenvalue weighted by atomic mass is 10.1. The van der Waals surface area contributed by atoms with Gasteiger partial charge in [0.2, 0.25) is 0 Å². The Morgan fingerprint density at radius 1 is 1.44 bits per heavy atom. The largest absolute Gasteiger partial charge is 0.504 e. The van der Waals surface area contributed by atoms with Crippen LogP contribution in [-0.4, -0.2) is 18.4 Å². The Balaban J connectivity index is 3.28. The molecule has 0 radical (unpaired) electrons. The maximum atomic E-state index is 12.4. The Morgan fingerprint density at radius 3 is 2.44 bits per heavy atom. The highest BCUT2D eigenvalue weighted by Gasteiger charge is 2.40. The molecule has 0 amide bonds. The number of benzene rings is 1. The van der Waals surface area contributed by atoms with Gasteiger partial charge in [-0.25, -0.2) is 0 Å². The fourth-order valence-electron chi connectivity index (χ4n) is 1.16. The zero-order valence-corrected chi connectivity index (χ0v) is 10.3. The Kier molecular flexibility index (Phi) is 3.89. The third-order valence-electron chi connectivity index (χ3n) is 1.98. The van der Waals surface area contributed by atoms with Crippen molar-refractivity contribution in [3.8, 4) is 11.5 Å². The first-order chi connectivity index (χ1) is 7.27. The van der Waals surface area contributed by atoms with Gasteiger partial charge in [0.05, 0.1) is 7.11 Å². The normalized spacial score (nSPS) is 13.6. The van der Waals surface area contributed by atoms with Crippen molar-refractivity contribution in [1.82, 2.24) is 0 Å². The van der Waals surface area contributed by atoms with E-state index < -0.39 is 23.5 Å². The van der Waals surface area contributed by atoms with Crippen LogP contribution < -0.4 is 10.5 Å². The van der Waals surface area contributed by atoms with Crippen molar-refractivity contribution in [3.63, 3.8) is 0 Å². The summed E-state index contributed by atoms with van der Waals surface area (Å²) in [7, 11) is 1.26. The molecular weight excluding hydrogens is 338 g/mol. The van der Waals surface area contributed by atoms with Crippen molar-refractivity contribution in [1.29, 1.82) is 0 Å². The predicted molar refractivity (Wildman–Crippen MR) is 60.4 cm³/mol. The van der Waals surface area contributed by atoms with E-state index in [0.717, 1.165) is 0 Å². The van der Waals surface area contributed by atoms with E-state index in [2.05, 4.69) is 0 Å². The van der Waals surface area contributed by atoms with Gasteiger partial charge in [-0.2, -0.15) is 13.2 Å². The van der Waals surface area contributed by atoms with Crippen molar-refractivity contribution >= 4 is 22.6 Å². The molecule has 0 spiro atoms. The summed E-state index contributed by atoms with van der Waals surface area (Å²) in [6, 6.07) is 0.370. The second kappa shape index (κ2) is 4.66. The number of nitrogens with two attached hydrogens (primary N) is 1. The molecule has 0 unspecified atom stereocenters. The second-order valence-electron chi connectivity index (χ2n) is 3.07. The van der Waals surface area contributed by atoms with Gasteiger partial charge in [-0.1, -0.05) is 0 Å². The average molecular weight is 347 g/mol. The topological polar surface area (TPSA) is 55.5 Å². The summed E-state index contributed by atoms with van der Waals surface area (Å²) in [5.74, 6) is -0.602. The molecule has 0 saturated carbocycles. The summed E-state index contributed by atoms with van der Waals surface area (Å²) in [4.78, 5) is 0. The van der Waals surface area contributed by atoms with E-state index >= 15 is 0 Å². The molecule has 0 saturated heterocycles. The van der Waals surface area contributed by atoms with Crippen LogP contribution in [0.15, 0.2) is 12.1 Å². The molecule has 0 heterocycles. The summed E-state index contributed by atoms with van der Waals surface area (Å²) in [5.41, 5.74) is 4.63. The third-order valence-corrected chi connectivity index (χ3v) is 2.60. The van der Waals surface area contributed by atoms with E-state index in [0.29, 0.717) is 3.57 Å². The number of aromatic hydroxyl groups is 1. The highest BCUT2D eigenvalue weighted by atomic mass is 127. The van der Waals surface area contributed by atoms with E-state index in [1.807, 2.05) is 22.6 Å². The number of methoxy groups -OCH3 is 1. The molecule has 1 aromatic rings. The average Bonchev–Trinajstić information content (AvgIpc) is 2.18. The molecule has 0 fully saturated rings. The highest BCUT2D eigenvalue weighted by molar-refractivity contribution is 14.1. The van der Waals surface area contributed by atoms with Crippen molar-refractivity contribution in [2.24, 2.45) is 5.73 Å². The van der Waals surface area contributed by atoms with Gasteiger partial charge in [0.25, 0.3) is 0 Å². The molecule has 0 aliphatic rings. The number of phenols is 1. The lowest BCUT2D eigenvalue weighted by Crippen LogP contribution is -2.28.